The van der Waals surface area contributed by atoms with E-state index in [-0.39, 0.29) is 0 Å². The molecule has 1 aromatic rings. The second kappa shape index (κ2) is 3.85. The molecule has 1 fully saturated rings. The normalized spacial score (nSPS) is 26.6. The highest BCUT2D eigenvalue weighted by Crippen LogP contribution is 2.68. The van der Waals surface area contributed by atoms with Gasteiger partial charge >= 0.3 is 23.7 Å². The third-order valence-corrected chi connectivity index (χ3v) is 3.37. The van der Waals surface area contributed by atoms with Crippen LogP contribution in [0.5, 0.6) is 0 Å². The van der Waals surface area contributed by atoms with Crippen molar-refractivity contribution in [3.63, 3.8) is 0 Å². The first kappa shape index (κ1) is 15.1. The topological polar surface area (TPSA) is 0 Å². The minimum atomic E-state index is -6.13. The van der Waals surface area contributed by atoms with Gasteiger partial charge in [-0.3, -0.25) is 0 Å². The van der Waals surface area contributed by atoms with Crippen LogP contribution in [0, 0.1) is 6.92 Å². The van der Waals surface area contributed by atoms with E-state index in [4.69, 9.17) is 0 Å². The minimum absolute atomic E-state index is 0.483. The highest BCUT2D eigenvalue weighted by molar-refractivity contribution is 5.35. The number of alkyl halides is 8. The molecule has 8 heteroatoms. The standard InChI is InChI=1S/C12H8F8/c1-6-2-4-7(5-3-6)8-9(13,14)11(17,18)12(19,20)10(8,15)16/h2-5,8H,1H3. The van der Waals surface area contributed by atoms with E-state index < -0.39 is 35.2 Å². The summed E-state index contributed by atoms with van der Waals surface area (Å²) in [5.41, 5.74) is -0.473. The number of aryl methyl sites for hydroxylation is 1. The summed E-state index contributed by atoms with van der Waals surface area (Å²) < 4.78 is 106. The molecule has 0 aliphatic heterocycles. The molecule has 0 heterocycles. The molecule has 1 saturated carbocycles. The Kier molecular flexibility index (Phi) is 2.90. The highest BCUT2D eigenvalue weighted by Gasteiger charge is 2.93. The zero-order valence-electron chi connectivity index (χ0n) is 9.91. The van der Waals surface area contributed by atoms with E-state index in [0.717, 1.165) is 24.3 Å². The van der Waals surface area contributed by atoms with Gasteiger partial charge in [0.1, 0.15) is 5.92 Å². The van der Waals surface area contributed by atoms with Gasteiger partial charge in [0.25, 0.3) is 0 Å². The third kappa shape index (κ3) is 1.53. The molecule has 20 heavy (non-hydrogen) atoms. The second-order valence-electron chi connectivity index (χ2n) is 4.74. The monoisotopic (exact) mass is 304 g/mol. The van der Waals surface area contributed by atoms with Gasteiger partial charge in [0.05, 0.1) is 0 Å². The SMILES string of the molecule is Cc1ccc(C2C(F)(F)C(F)(F)C(F)(F)C2(F)F)cc1. The average molecular weight is 304 g/mol. The van der Waals surface area contributed by atoms with Gasteiger partial charge in [0.2, 0.25) is 0 Å². The van der Waals surface area contributed by atoms with Gasteiger partial charge in [-0.25, -0.2) is 0 Å². The van der Waals surface area contributed by atoms with Crippen LogP contribution < -0.4 is 0 Å². The zero-order chi connectivity index (χ0) is 15.6. The lowest BCUT2D eigenvalue weighted by molar-refractivity contribution is -0.303. The highest BCUT2D eigenvalue weighted by atomic mass is 19.4. The first-order valence-electron chi connectivity index (χ1n) is 5.45. The van der Waals surface area contributed by atoms with Crippen molar-refractivity contribution in [2.45, 2.75) is 36.5 Å². The van der Waals surface area contributed by atoms with E-state index in [2.05, 4.69) is 0 Å². The maximum Gasteiger partial charge on any atom is 0.379 e. The summed E-state index contributed by atoms with van der Waals surface area (Å²) in [6.07, 6.45) is 0. The molecular formula is C12H8F8. The Morgan fingerprint density at radius 2 is 1.05 bits per heavy atom. The number of hydrogen-bond acceptors (Lipinski definition) is 0. The summed E-state index contributed by atoms with van der Waals surface area (Å²) in [5, 5.41) is 0. The van der Waals surface area contributed by atoms with Crippen molar-refractivity contribution in [3.05, 3.63) is 35.4 Å². The maximum atomic E-state index is 13.5. The van der Waals surface area contributed by atoms with Crippen LogP contribution in [0.4, 0.5) is 35.1 Å². The van der Waals surface area contributed by atoms with Crippen molar-refractivity contribution in [2.75, 3.05) is 0 Å². The molecule has 1 aromatic carbocycles. The van der Waals surface area contributed by atoms with E-state index in [1.54, 1.807) is 0 Å². The summed E-state index contributed by atoms with van der Waals surface area (Å²) in [7, 11) is 0. The van der Waals surface area contributed by atoms with Gasteiger partial charge < -0.3 is 0 Å². The molecule has 0 N–H and O–H groups in total. The molecule has 0 bridgehead atoms. The maximum absolute atomic E-state index is 13.5. The molecule has 2 rings (SSSR count). The second-order valence-corrected chi connectivity index (χ2v) is 4.74. The Hall–Kier alpha value is -1.34. The Balaban J connectivity index is 2.66. The van der Waals surface area contributed by atoms with Crippen LogP contribution in [0.2, 0.25) is 0 Å². The Morgan fingerprint density at radius 3 is 1.40 bits per heavy atom. The van der Waals surface area contributed by atoms with Crippen LogP contribution in [0.3, 0.4) is 0 Å². The fourth-order valence-electron chi connectivity index (χ4n) is 2.19. The smallest absolute Gasteiger partial charge is 0.199 e. The van der Waals surface area contributed by atoms with Crippen molar-refractivity contribution < 1.29 is 35.1 Å². The zero-order valence-corrected chi connectivity index (χ0v) is 9.91. The lowest BCUT2D eigenvalue weighted by atomic mass is 9.91. The fourth-order valence-corrected chi connectivity index (χ4v) is 2.19. The van der Waals surface area contributed by atoms with Crippen LogP contribution in [-0.4, -0.2) is 23.7 Å². The molecular weight excluding hydrogens is 296 g/mol. The van der Waals surface area contributed by atoms with E-state index in [9.17, 15) is 35.1 Å². The first-order chi connectivity index (χ1) is 8.87. The predicted molar refractivity (Wildman–Crippen MR) is 53.7 cm³/mol. The fraction of sp³-hybridized carbons (Fsp3) is 0.500. The summed E-state index contributed by atoms with van der Waals surface area (Å²) in [6, 6.07) is 3.66. The predicted octanol–water partition coefficient (Wildman–Crippen LogP) is 4.63. The molecule has 0 radical (unpaired) electrons. The van der Waals surface area contributed by atoms with Crippen LogP contribution in [-0.2, 0) is 0 Å². The van der Waals surface area contributed by atoms with Gasteiger partial charge in [-0.2, -0.15) is 35.1 Å². The lowest BCUT2D eigenvalue weighted by Crippen LogP contribution is -2.51. The number of benzene rings is 1. The molecule has 1 aliphatic carbocycles. The van der Waals surface area contributed by atoms with Gasteiger partial charge in [-0.15, -0.1) is 0 Å². The molecule has 0 amide bonds. The summed E-state index contributed by atoms with van der Waals surface area (Å²) in [4.78, 5) is 0. The number of hydrogen-bond donors (Lipinski definition) is 0. The van der Waals surface area contributed by atoms with Crippen molar-refractivity contribution in [1.82, 2.24) is 0 Å². The number of halogens is 8. The van der Waals surface area contributed by atoms with Gasteiger partial charge in [-0.1, -0.05) is 29.8 Å². The Bertz CT molecular complexity index is 491. The van der Waals surface area contributed by atoms with Crippen LogP contribution in [0.1, 0.15) is 17.0 Å². The van der Waals surface area contributed by atoms with Crippen molar-refractivity contribution in [2.24, 2.45) is 0 Å². The average Bonchev–Trinajstić information content (AvgIpc) is 2.36. The van der Waals surface area contributed by atoms with E-state index >= 15 is 0 Å². The molecule has 0 spiro atoms. The number of rotatable bonds is 1. The van der Waals surface area contributed by atoms with E-state index in [1.807, 2.05) is 0 Å². The molecule has 0 atom stereocenters. The molecule has 1 aliphatic rings. The van der Waals surface area contributed by atoms with Crippen molar-refractivity contribution in [3.8, 4) is 0 Å². The third-order valence-electron chi connectivity index (χ3n) is 3.37. The Labute approximate surface area is 108 Å². The summed E-state index contributed by atoms with van der Waals surface area (Å²) >= 11 is 0. The van der Waals surface area contributed by atoms with Gasteiger partial charge in [0, 0.05) is 0 Å². The largest absolute Gasteiger partial charge is 0.379 e. The van der Waals surface area contributed by atoms with E-state index in [0.29, 0.717) is 5.56 Å². The molecule has 0 saturated heterocycles. The van der Waals surface area contributed by atoms with Gasteiger partial charge in [-0.05, 0) is 12.5 Å². The minimum Gasteiger partial charge on any atom is -0.199 e. The van der Waals surface area contributed by atoms with Crippen molar-refractivity contribution >= 4 is 0 Å². The molecule has 0 aromatic heterocycles. The molecule has 112 valence electrons. The van der Waals surface area contributed by atoms with Crippen LogP contribution >= 0.6 is 0 Å². The van der Waals surface area contributed by atoms with Crippen molar-refractivity contribution in [1.29, 1.82) is 0 Å². The summed E-state index contributed by atoms with van der Waals surface area (Å²) in [6.45, 7) is 1.50. The first-order valence-corrected chi connectivity index (χ1v) is 5.45. The Morgan fingerprint density at radius 1 is 0.700 bits per heavy atom. The quantitative estimate of drug-likeness (QED) is 0.663. The van der Waals surface area contributed by atoms with E-state index in [1.165, 1.54) is 6.92 Å². The summed E-state index contributed by atoms with van der Waals surface area (Å²) in [5.74, 6) is -27.0. The lowest BCUT2D eigenvalue weighted by Gasteiger charge is -2.24. The molecule has 0 unspecified atom stereocenters. The molecule has 0 nitrogen and oxygen atoms in total. The van der Waals surface area contributed by atoms with Crippen LogP contribution in [0.15, 0.2) is 24.3 Å². The van der Waals surface area contributed by atoms with Gasteiger partial charge in [0.15, 0.2) is 0 Å². The van der Waals surface area contributed by atoms with Crippen LogP contribution in [0.25, 0.3) is 0 Å².